The molecule has 292 valence electrons. The first-order valence-corrected chi connectivity index (χ1v) is 21.4. The topological polar surface area (TPSA) is 9.72 Å². The van der Waals surface area contributed by atoms with E-state index in [0.29, 0.717) is 0 Å². The molecule has 2 aliphatic rings. The van der Waals surface area contributed by atoms with Gasteiger partial charge in [0, 0.05) is 50.8 Å². The molecule has 0 saturated heterocycles. The predicted molar refractivity (Wildman–Crippen MR) is 261 cm³/mol. The van der Waals surface area contributed by atoms with Gasteiger partial charge >= 0.3 is 0 Å². The van der Waals surface area contributed by atoms with Crippen molar-refractivity contribution in [2.24, 2.45) is 0 Å². The van der Waals surface area contributed by atoms with E-state index >= 15 is 0 Å². The van der Waals surface area contributed by atoms with Crippen LogP contribution in [0.1, 0.15) is 11.1 Å². The van der Waals surface area contributed by atoms with Crippen molar-refractivity contribution >= 4 is 62.0 Å². The lowest BCUT2D eigenvalue weighted by Crippen LogP contribution is -2.16. The number of hydrogen-bond donors (Lipinski definition) is 0. The third-order valence-electron chi connectivity index (χ3n) is 12.5. The van der Waals surface area contributed by atoms with Crippen molar-refractivity contribution in [3.63, 3.8) is 0 Å². The zero-order chi connectivity index (χ0) is 41.0. The monoisotopic (exact) mass is 791 g/mol. The Morgan fingerprint density at radius 3 is 1.35 bits per heavy atom. The summed E-state index contributed by atoms with van der Waals surface area (Å²) in [7, 11) is 0. The van der Waals surface area contributed by atoms with E-state index in [1.54, 1.807) is 0 Å². The van der Waals surface area contributed by atoms with Crippen LogP contribution in [0.15, 0.2) is 237 Å². The number of benzene rings is 10. The number of nitrogens with zero attached hydrogens (tertiary/aromatic N) is 3. The van der Waals surface area contributed by atoms with Crippen LogP contribution in [0.5, 0.6) is 0 Å². The Labute approximate surface area is 362 Å². The van der Waals surface area contributed by atoms with Crippen molar-refractivity contribution in [3.8, 4) is 33.4 Å². The Hall–Kier alpha value is -8.14. The number of fused-ring (bicyclic) bond motifs is 5. The first-order valence-electron chi connectivity index (χ1n) is 21.4. The van der Waals surface area contributed by atoms with Crippen molar-refractivity contribution in [2.45, 2.75) is 6.42 Å². The van der Waals surface area contributed by atoms with Gasteiger partial charge in [-0.1, -0.05) is 146 Å². The third-order valence-corrected chi connectivity index (χ3v) is 12.5. The maximum absolute atomic E-state index is 2.46. The van der Waals surface area contributed by atoms with E-state index in [-0.39, 0.29) is 0 Å². The van der Waals surface area contributed by atoms with Gasteiger partial charge in [0.15, 0.2) is 0 Å². The molecule has 10 aromatic rings. The Morgan fingerprint density at radius 2 is 0.774 bits per heavy atom. The lowest BCUT2D eigenvalue weighted by molar-refractivity contribution is 1.23. The smallest absolute Gasteiger partial charge is 0.0561 e. The van der Waals surface area contributed by atoms with E-state index in [2.05, 4.69) is 251 Å². The van der Waals surface area contributed by atoms with Gasteiger partial charge in [-0.05, 0) is 142 Å². The highest BCUT2D eigenvalue weighted by Crippen LogP contribution is 2.54. The molecule has 0 atom stereocenters. The summed E-state index contributed by atoms with van der Waals surface area (Å²) in [4.78, 5) is 7.15. The van der Waals surface area contributed by atoms with Crippen molar-refractivity contribution in [1.82, 2.24) is 0 Å². The maximum Gasteiger partial charge on any atom is 0.0561 e. The second-order valence-corrected chi connectivity index (χ2v) is 16.1. The summed E-state index contributed by atoms with van der Waals surface area (Å²) in [5.74, 6) is 0. The van der Waals surface area contributed by atoms with Crippen LogP contribution in [0, 0.1) is 0 Å². The molecule has 0 radical (unpaired) electrons. The SMILES string of the molecule is c1ccc(N(c2ccccc2)c2ccc3c(c2)Cc2cc(-c4ccc5c6c(cccc46)N(c4ccccc4)c4cc(N(c6ccccc6)c6ccccc6)ccc4-5)ccc2-3)cc1. The molecule has 10 aromatic carbocycles. The lowest BCUT2D eigenvalue weighted by Gasteiger charge is -2.35. The predicted octanol–water partition coefficient (Wildman–Crippen LogP) is 16.5. The van der Waals surface area contributed by atoms with Crippen LogP contribution in [0.4, 0.5) is 51.2 Å². The van der Waals surface area contributed by atoms with Gasteiger partial charge in [0.05, 0.1) is 11.4 Å². The molecule has 0 amide bonds. The number of para-hydroxylation sites is 5. The van der Waals surface area contributed by atoms with Crippen LogP contribution in [-0.2, 0) is 6.42 Å². The van der Waals surface area contributed by atoms with Gasteiger partial charge in [0.2, 0.25) is 0 Å². The van der Waals surface area contributed by atoms with E-state index in [1.165, 1.54) is 66.7 Å². The van der Waals surface area contributed by atoms with Gasteiger partial charge in [-0.15, -0.1) is 0 Å². The minimum Gasteiger partial charge on any atom is -0.310 e. The van der Waals surface area contributed by atoms with Crippen molar-refractivity contribution in [1.29, 1.82) is 0 Å². The van der Waals surface area contributed by atoms with Crippen molar-refractivity contribution in [3.05, 3.63) is 248 Å². The number of anilines is 9. The molecular formula is C59H41N3. The summed E-state index contributed by atoms with van der Waals surface area (Å²) in [6.07, 6.45) is 0.894. The highest BCUT2D eigenvalue weighted by Gasteiger charge is 2.29. The molecule has 0 unspecified atom stereocenters. The van der Waals surface area contributed by atoms with Crippen LogP contribution in [0.25, 0.3) is 44.2 Å². The fraction of sp³-hybridized carbons (Fsp3) is 0.0169. The van der Waals surface area contributed by atoms with E-state index < -0.39 is 0 Å². The molecule has 3 nitrogen and oxygen atoms in total. The molecule has 0 fully saturated rings. The average Bonchev–Trinajstić information content (AvgIpc) is 3.71. The van der Waals surface area contributed by atoms with Crippen molar-refractivity contribution < 1.29 is 0 Å². The number of rotatable bonds is 8. The summed E-state index contributed by atoms with van der Waals surface area (Å²) in [5, 5.41) is 2.53. The Morgan fingerprint density at radius 1 is 0.306 bits per heavy atom. The summed E-state index contributed by atoms with van der Waals surface area (Å²) in [6, 6.07) is 86.0. The molecule has 0 spiro atoms. The Bertz CT molecular complexity index is 3180. The Balaban J connectivity index is 0.957. The second kappa shape index (κ2) is 14.8. The molecule has 1 aliphatic heterocycles. The summed E-state index contributed by atoms with van der Waals surface area (Å²) in [6.45, 7) is 0. The zero-order valence-electron chi connectivity index (χ0n) is 34.1. The fourth-order valence-electron chi connectivity index (χ4n) is 9.81. The van der Waals surface area contributed by atoms with Gasteiger partial charge in [-0.3, -0.25) is 0 Å². The molecule has 0 saturated carbocycles. The van der Waals surface area contributed by atoms with Gasteiger partial charge in [-0.25, -0.2) is 0 Å². The van der Waals surface area contributed by atoms with E-state index in [9.17, 15) is 0 Å². The molecule has 3 heteroatoms. The van der Waals surface area contributed by atoms with E-state index in [4.69, 9.17) is 0 Å². The molecule has 1 heterocycles. The van der Waals surface area contributed by atoms with Crippen LogP contribution in [0.3, 0.4) is 0 Å². The minimum absolute atomic E-state index is 0.894. The van der Waals surface area contributed by atoms with Crippen molar-refractivity contribution in [2.75, 3.05) is 14.7 Å². The summed E-state index contributed by atoms with van der Waals surface area (Å²) in [5.41, 5.74) is 20.6. The zero-order valence-corrected chi connectivity index (χ0v) is 34.1. The minimum atomic E-state index is 0.894. The highest BCUT2D eigenvalue weighted by molar-refractivity contribution is 6.17. The summed E-state index contributed by atoms with van der Waals surface area (Å²) >= 11 is 0. The van der Waals surface area contributed by atoms with Gasteiger partial charge in [0.25, 0.3) is 0 Å². The number of hydrogen-bond acceptors (Lipinski definition) is 3. The molecule has 0 aromatic heterocycles. The lowest BCUT2D eigenvalue weighted by atomic mass is 9.86. The quantitative estimate of drug-likeness (QED) is 0.152. The highest BCUT2D eigenvalue weighted by atomic mass is 15.2. The molecular weight excluding hydrogens is 751 g/mol. The fourth-order valence-corrected chi connectivity index (χ4v) is 9.81. The van der Waals surface area contributed by atoms with Gasteiger partial charge in [-0.2, -0.15) is 0 Å². The third kappa shape index (κ3) is 5.97. The largest absolute Gasteiger partial charge is 0.310 e. The van der Waals surface area contributed by atoms with E-state index in [1.807, 2.05) is 0 Å². The first-order chi connectivity index (χ1) is 30.8. The Kier molecular flexibility index (Phi) is 8.57. The first kappa shape index (κ1) is 35.8. The standard InChI is InChI=1S/C59H41N3/c1-6-17-44(18-7-1)60(45-19-8-2-9-20-45)49-30-33-53-43(39-49)38-42-37-41(29-32-52(42)53)51-35-36-56-54-34-31-50(61(46-21-10-3-11-22-46)47-23-12-4-13-24-47)40-58(54)62(48-25-14-5-15-26-48)57-28-16-27-55(51)59(56)57/h1-37,39-40H,38H2. The normalized spacial score (nSPS) is 12.1. The van der Waals surface area contributed by atoms with Crippen LogP contribution in [0.2, 0.25) is 0 Å². The maximum atomic E-state index is 2.46. The summed E-state index contributed by atoms with van der Waals surface area (Å²) < 4.78 is 0. The average molecular weight is 792 g/mol. The van der Waals surface area contributed by atoms with Crippen LogP contribution < -0.4 is 14.7 Å². The van der Waals surface area contributed by atoms with Crippen LogP contribution >= 0.6 is 0 Å². The van der Waals surface area contributed by atoms with Gasteiger partial charge in [0.1, 0.15) is 0 Å². The molecule has 12 rings (SSSR count). The molecule has 0 N–H and O–H groups in total. The van der Waals surface area contributed by atoms with Crippen LogP contribution in [-0.4, -0.2) is 0 Å². The van der Waals surface area contributed by atoms with Gasteiger partial charge < -0.3 is 14.7 Å². The van der Waals surface area contributed by atoms with E-state index in [0.717, 1.165) is 46.2 Å². The molecule has 1 aliphatic carbocycles. The molecule has 0 bridgehead atoms. The second-order valence-electron chi connectivity index (χ2n) is 16.1. The molecule has 62 heavy (non-hydrogen) atoms.